The number of aromatic carboxylic acids is 1. The molecule has 0 atom stereocenters. The van der Waals surface area contributed by atoms with Crippen LogP contribution in [0.3, 0.4) is 0 Å². The van der Waals surface area contributed by atoms with Crippen molar-refractivity contribution in [2.45, 2.75) is 4.90 Å². The second-order valence-electron chi connectivity index (χ2n) is 4.70. The van der Waals surface area contributed by atoms with Crippen molar-refractivity contribution in [2.24, 2.45) is 0 Å². The molecule has 0 unspecified atom stereocenters. The van der Waals surface area contributed by atoms with Crippen LogP contribution in [-0.4, -0.2) is 31.5 Å². The fraction of sp³-hybridized carbons (Fsp3) is 0.0714. The van der Waals surface area contributed by atoms with E-state index in [4.69, 9.17) is 21.4 Å². The lowest BCUT2D eigenvalue weighted by atomic mass is 10.2. The number of ether oxygens (including phenoxy) is 1. The molecule has 0 aliphatic heterocycles. The van der Waals surface area contributed by atoms with Crippen molar-refractivity contribution in [1.82, 2.24) is 0 Å². The number of nitrogens with zero attached hydrogens (tertiary/aromatic N) is 1. The summed E-state index contributed by atoms with van der Waals surface area (Å²) in [5, 5.41) is 19.7. The number of methoxy groups -OCH3 is 1. The minimum absolute atomic E-state index is 0.0824. The molecule has 0 amide bonds. The van der Waals surface area contributed by atoms with Crippen LogP contribution < -0.4 is 9.46 Å². The number of nitrogens with one attached hydrogen (secondary N) is 1. The van der Waals surface area contributed by atoms with Gasteiger partial charge in [-0.15, -0.1) is 0 Å². The second-order valence-corrected chi connectivity index (χ2v) is 6.76. The molecule has 0 bridgehead atoms. The van der Waals surface area contributed by atoms with Crippen molar-refractivity contribution in [3.63, 3.8) is 0 Å². The summed E-state index contributed by atoms with van der Waals surface area (Å²) in [6, 6.07) is 6.67. The van der Waals surface area contributed by atoms with Gasteiger partial charge in [-0.2, -0.15) is 0 Å². The molecule has 132 valence electrons. The summed E-state index contributed by atoms with van der Waals surface area (Å²) in [6.07, 6.45) is 0. The number of nitro benzene ring substituents is 1. The molecule has 2 N–H and O–H groups in total. The molecule has 0 spiro atoms. The predicted octanol–water partition coefficient (Wildman–Crippen LogP) is 2.76. The van der Waals surface area contributed by atoms with Crippen LogP contribution in [0.1, 0.15) is 10.4 Å². The summed E-state index contributed by atoms with van der Waals surface area (Å²) in [7, 11) is -3.05. The van der Waals surface area contributed by atoms with E-state index in [1.807, 2.05) is 0 Å². The number of rotatable bonds is 6. The summed E-state index contributed by atoms with van der Waals surface area (Å²) in [5.74, 6) is -1.40. The van der Waals surface area contributed by atoms with Gasteiger partial charge in [-0.1, -0.05) is 11.6 Å². The van der Waals surface area contributed by atoms with E-state index in [0.29, 0.717) is 0 Å². The largest absolute Gasteiger partial charge is 0.495 e. The Morgan fingerprint density at radius 1 is 1.28 bits per heavy atom. The summed E-state index contributed by atoms with van der Waals surface area (Å²) in [4.78, 5) is 20.8. The van der Waals surface area contributed by atoms with E-state index in [2.05, 4.69) is 4.72 Å². The molecule has 0 heterocycles. The number of nitro groups is 1. The van der Waals surface area contributed by atoms with E-state index in [0.717, 1.165) is 12.1 Å². The van der Waals surface area contributed by atoms with Crippen LogP contribution in [-0.2, 0) is 10.0 Å². The fourth-order valence-electron chi connectivity index (χ4n) is 1.95. The van der Waals surface area contributed by atoms with Gasteiger partial charge in [-0.25, -0.2) is 13.2 Å². The van der Waals surface area contributed by atoms with E-state index >= 15 is 0 Å². The highest BCUT2D eigenvalue weighted by atomic mass is 35.5. The summed E-state index contributed by atoms with van der Waals surface area (Å²) in [5.41, 5.74) is -0.852. The molecule has 0 fully saturated rings. The first-order chi connectivity index (χ1) is 11.7. The van der Waals surface area contributed by atoms with Crippen molar-refractivity contribution in [1.29, 1.82) is 0 Å². The van der Waals surface area contributed by atoms with E-state index < -0.39 is 31.5 Å². The fourth-order valence-corrected chi connectivity index (χ4v) is 3.38. The van der Waals surface area contributed by atoms with Crippen molar-refractivity contribution in [2.75, 3.05) is 11.8 Å². The number of benzene rings is 2. The lowest BCUT2D eigenvalue weighted by Crippen LogP contribution is -2.15. The number of carboxylic acid groups (broad SMARTS) is 1. The summed E-state index contributed by atoms with van der Waals surface area (Å²) < 4.78 is 32.1. The Morgan fingerprint density at radius 2 is 1.96 bits per heavy atom. The van der Waals surface area contributed by atoms with Crippen LogP contribution in [0.15, 0.2) is 41.3 Å². The van der Waals surface area contributed by atoms with E-state index in [1.165, 1.54) is 31.4 Å². The zero-order chi connectivity index (χ0) is 18.8. The Hall–Kier alpha value is -2.85. The topological polar surface area (TPSA) is 136 Å². The zero-order valence-electron chi connectivity index (χ0n) is 12.6. The van der Waals surface area contributed by atoms with Gasteiger partial charge in [0.1, 0.15) is 15.7 Å². The molecule has 25 heavy (non-hydrogen) atoms. The maximum atomic E-state index is 12.5. The quantitative estimate of drug-likeness (QED) is 0.575. The Morgan fingerprint density at radius 3 is 2.52 bits per heavy atom. The predicted molar refractivity (Wildman–Crippen MR) is 88.9 cm³/mol. The summed E-state index contributed by atoms with van der Waals surface area (Å²) in [6.45, 7) is 0. The molecular formula is C14H11ClN2O7S. The van der Waals surface area contributed by atoms with E-state index in [1.54, 1.807) is 0 Å². The number of hydrogen-bond donors (Lipinski definition) is 2. The molecule has 9 nitrogen and oxygen atoms in total. The van der Waals surface area contributed by atoms with Gasteiger partial charge < -0.3 is 9.84 Å². The van der Waals surface area contributed by atoms with Crippen molar-refractivity contribution >= 4 is 39.0 Å². The molecular weight excluding hydrogens is 376 g/mol. The SMILES string of the molecule is COc1ccc(C(=O)O)cc1S(=O)(=O)Nc1ccc(Cl)c([N+](=O)[O-])c1. The molecule has 0 aromatic heterocycles. The third-order valence-corrected chi connectivity index (χ3v) is 4.82. The van der Waals surface area contributed by atoms with Crippen LogP contribution in [0.25, 0.3) is 0 Å². The smallest absolute Gasteiger partial charge is 0.335 e. The van der Waals surface area contributed by atoms with Gasteiger partial charge in [-0.3, -0.25) is 14.8 Å². The van der Waals surface area contributed by atoms with Gasteiger partial charge in [0, 0.05) is 6.07 Å². The Balaban J connectivity index is 2.49. The minimum Gasteiger partial charge on any atom is -0.495 e. The first kappa shape index (κ1) is 18.5. The van der Waals surface area contributed by atoms with Crippen LogP contribution >= 0.6 is 11.6 Å². The second kappa shape index (κ2) is 6.95. The van der Waals surface area contributed by atoms with E-state index in [9.17, 15) is 23.3 Å². The minimum atomic E-state index is -4.27. The van der Waals surface area contributed by atoms with Crippen molar-refractivity contribution in [3.8, 4) is 5.75 Å². The molecule has 2 aromatic carbocycles. The number of hydrogen-bond acceptors (Lipinski definition) is 6. The molecule has 0 saturated heterocycles. The lowest BCUT2D eigenvalue weighted by Gasteiger charge is -2.12. The number of halogens is 1. The van der Waals surface area contributed by atoms with Crippen LogP contribution in [0.2, 0.25) is 5.02 Å². The number of anilines is 1. The van der Waals surface area contributed by atoms with Crippen LogP contribution in [0.4, 0.5) is 11.4 Å². The maximum Gasteiger partial charge on any atom is 0.335 e. The van der Waals surface area contributed by atoms with Crippen LogP contribution in [0.5, 0.6) is 5.75 Å². The third-order valence-electron chi connectivity index (χ3n) is 3.10. The molecule has 2 rings (SSSR count). The monoisotopic (exact) mass is 386 g/mol. The third kappa shape index (κ3) is 3.98. The first-order valence-electron chi connectivity index (χ1n) is 6.54. The van der Waals surface area contributed by atoms with Crippen LogP contribution in [0, 0.1) is 10.1 Å². The average molecular weight is 387 g/mol. The molecule has 0 radical (unpaired) electrons. The highest BCUT2D eigenvalue weighted by molar-refractivity contribution is 7.92. The highest BCUT2D eigenvalue weighted by Gasteiger charge is 2.23. The zero-order valence-corrected chi connectivity index (χ0v) is 14.2. The highest BCUT2D eigenvalue weighted by Crippen LogP contribution is 2.31. The van der Waals surface area contributed by atoms with Gasteiger partial charge in [-0.05, 0) is 30.3 Å². The van der Waals surface area contributed by atoms with Crippen molar-refractivity contribution < 1.29 is 28.0 Å². The standard InChI is InChI=1S/C14H11ClN2O7S/c1-24-12-5-2-8(14(18)19)6-13(12)25(22,23)16-9-3-4-10(15)11(7-9)17(20)21/h2-7,16H,1H3,(H,18,19). The Labute approximate surface area is 147 Å². The van der Waals surface area contributed by atoms with Gasteiger partial charge in [0.15, 0.2) is 0 Å². The van der Waals surface area contributed by atoms with E-state index in [-0.39, 0.29) is 22.0 Å². The van der Waals surface area contributed by atoms with Gasteiger partial charge in [0.2, 0.25) is 0 Å². The van der Waals surface area contributed by atoms with Crippen molar-refractivity contribution in [3.05, 3.63) is 57.1 Å². The number of carbonyl (C=O) groups is 1. The van der Waals surface area contributed by atoms with Gasteiger partial charge in [0.25, 0.3) is 15.7 Å². The molecule has 0 saturated carbocycles. The lowest BCUT2D eigenvalue weighted by molar-refractivity contribution is -0.384. The maximum absolute atomic E-state index is 12.5. The summed E-state index contributed by atoms with van der Waals surface area (Å²) >= 11 is 5.68. The van der Waals surface area contributed by atoms with Gasteiger partial charge >= 0.3 is 5.97 Å². The molecule has 0 aliphatic carbocycles. The number of sulfonamides is 1. The van der Waals surface area contributed by atoms with Gasteiger partial charge in [0.05, 0.1) is 23.3 Å². The Kier molecular flexibility index (Phi) is 5.14. The average Bonchev–Trinajstić information content (AvgIpc) is 2.55. The first-order valence-corrected chi connectivity index (χ1v) is 8.40. The normalized spacial score (nSPS) is 11.0. The molecule has 0 aliphatic rings. The number of carboxylic acids is 1. The molecule has 11 heteroatoms. The Bertz CT molecular complexity index is 960. The molecule has 2 aromatic rings.